The second kappa shape index (κ2) is 6.55. The molecule has 1 aliphatic heterocycles. The minimum absolute atomic E-state index is 0.175. The molecule has 104 valence electrons. The van der Waals surface area contributed by atoms with Crippen molar-refractivity contribution < 1.29 is 9.15 Å². The molecule has 0 spiro atoms. The Kier molecular flexibility index (Phi) is 4.31. The van der Waals surface area contributed by atoms with E-state index >= 15 is 0 Å². The molecular formula is C17H19NO2. The molecule has 3 nitrogen and oxygen atoms in total. The first-order valence-corrected chi connectivity index (χ1v) is 7.02. The van der Waals surface area contributed by atoms with Crippen molar-refractivity contribution in [3.8, 4) is 0 Å². The third-order valence-electron chi connectivity index (χ3n) is 3.54. The lowest BCUT2D eigenvalue weighted by molar-refractivity contribution is 0.0218. The van der Waals surface area contributed by atoms with E-state index in [9.17, 15) is 0 Å². The number of hydrogen-bond donors (Lipinski definition) is 0. The highest BCUT2D eigenvalue weighted by atomic mass is 16.5. The summed E-state index contributed by atoms with van der Waals surface area (Å²) in [5, 5.41) is 0. The van der Waals surface area contributed by atoms with Gasteiger partial charge in [0.25, 0.3) is 0 Å². The molecule has 1 aliphatic rings. The molecule has 0 saturated carbocycles. The minimum atomic E-state index is 0.175. The van der Waals surface area contributed by atoms with Gasteiger partial charge in [-0.1, -0.05) is 42.5 Å². The van der Waals surface area contributed by atoms with Crippen molar-refractivity contribution in [1.29, 1.82) is 0 Å². The van der Waals surface area contributed by atoms with Crippen LogP contribution in [0, 0.1) is 0 Å². The summed E-state index contributed by atoms with van der Waals surface area (Å²) >= 11 is 0. The number of benzene rings is 1. The van der Waals surface area contributed by atoms with Crippen molar-refractivity contribution in [2.45, 2.75) is 6.04 Å². The number of hydrogen-bond acceptors (Lipinski definition) is 3. The lowest BCUT2D eigenvalue weighted by atomic mass is 10.1. The molecule has 1 aromatic heterocycles. The Balaban J connectivity index is 1.80. The first kappa shape index (κ1) is 13.2. The Morgan fingerprint density at radius 2 is 1.80 bits per heavy atom. The highest BCUT2D eigenvalue weighted by molar-refractivity contribution is 5.50. The van der Waals surface area contributed by atoms with Gasteiger partial charge in [0.1, 0.15) is 5.76 Å². The van der Waals surface area contributed by atoms with E-state index in [-0.39, 0.29) is 6.04 Å². The fraction of sp³-hybridized carbons (Fsp3) is 0.294. The number of morpholine rings is 1. The molecule has 1 saturated heterocycles. The number of ether oxygens (including phenoxy) is 1. The molecule has 1 fully saturated rings. The van der Waals surface area contributed by atoms with Crippen LogP contribution in [0.3, 0.4) is 0 Å². The topological polar surface area (TPSA) is 25.6 Å². The second-order valence-corrected chi connectivity index (χ2v) is 4.88. The number of rotatable bonds is 4. The van der Waals surface area contributed by atoms with Crippen LogP contribution in [0.15, 0.2) is 59.2 Å². The van der Waals surface area contributed by atoms with E-state index in [1.807, 2.05) is 18.2 Å². The van der Waals surface area contributed by atoms with Gasteiger partial charge < -0.3 is 9.15 Å². The van der Waals surface area contributed by atoms with E-state index in [2.05, 4.69) is 41.3 Å². The van der Waals surface area contributed by atoms with Crippen molar-refractivity contribution in [2.24, 2.45) is 0 Å². The summed E-state index contributed by atoms with van der Waals surface area (Å²) in [6.07, 6.45) is 6.10. The molecule has 0 aliphatic carbocycles. The average molecular weight is 269 g/mol. The average Bonchev–Trinajstić information content (AvgIpc) is 3.04. The molecular weight excluding hydrogens is 250 g/mol. The Morgan fingerprint density at radius 3 is 2.50 bits per heavy atom. The van der Waals surface area contributed by atoms with E-state index in [1.54, 1.807) is 6.26 Å². The maximum Gasteiger partial charge on any atom is 0.124 e. The molecule has 2 heterocycles. The summed E-state index contributed by atoms with van der Waals surface area (Å²) in [4.78, 5) is 2.39. The van der Waals surface area contributed by atoms with Crippen LogP contribution in [-0.4, -0.2) is 31.2 Å². The van der Waals surface area contributed by atoms with Gasteiger partial charge in [0.2, 0.25) is 0 Å². The highest BCUT2D eigenvalue weighted by Gasteiger charge is 2.22. The zero-order chi connectivity index (χ0) is 13.6. The Bertz CT molecular complexity index is 527. The molecule has 0 radical (unpaired) electrons. The smallest absolute Gasteiger partial charge is 0.124 e. The molecule has 0 bridgehead atoms. The fourth-order valence-electron chi connectivity index (χ4n) is 2.48. The van der Waals surface area contributed by atoms with Crippen molar-refractivity contribution in [3.63, 3.8) is 0 Å². The maximum atomic E-state index is 5.60. The van der Waals surface area contributed by atoms with Gasteiger partial charge >= 0.3 is 0 Å². The summed E-state index contributed by atoms with van der Waals surface area (Å²) in [5.41, 5.74) is 1.21. The zero-order valence-corrected chi connectivity index (χ0v) is 11.4. The van der Waals surface area contributed by atoms with Crippen molar-refractivity contribution in [2.75, 3.05) is 26.3 Å². The van der Waals surface area contributed by atoms with Gasteiger partial charge in [0.05, 0.1) is 25.5 Å². The predicted octanol–water partition coefficient (Wildman–Crippen LogP) is 3.37. The largest absolute Gasteiger partial charge is 0.467 e. The van der Waals surface area contributed by atoms with Crippen LogP contribution in [0.1, 0.15) is 17.4 Å². The van der Waals surface area contributed by atoms with Gasteiger partial charge in [-0.15, -0.1) is 0 Å². The molecule has 3 heteroatoms. The first-order chi connectivity index (χ1) is 9.93. The van der Waals surface area contributed by atoms with Gasteiger partial charge in [0.15, 0.2) is 0 Å². The Morgan fingerprint density at radius 1 is 1.00 bits per heavy atom. The van der Waals surface area contributed by atoms with Gasteiger partial charge in [-0.2, -0.15) is 0 Å². The van der Waals surface area contributed by atoms with Crippen molar-refractivity contribution in [3.05, 3.63) is 66.1 Å². The number of nitrogens with zero attached hydrogens (tertiary/aromatic N) is 1. The SMILES string of the molecule is C(=C\C(c1ccco1)N1CCOCC1)/c1ccccc1. The Labute approximate surface area is 119 Å². The van der Waals surface area contributed by atoms with Crippen LogP contribution in [0.25, 0.3) is 6.08 Å². The highest BCUT2D eigenvalue weighted by Crippen LogP contribution is 2.24. The van der Waals surface area contributed by atoms with E-state index in [4.69, 9.17) is 9.15 Å². The molecule has 1 aromatic carbocycles. The van der Waals surface area contributed by atoms with Crippen LogP contribution in [0.5, 0.6) is 0 Å². The minimum Gasteiger partial charge on any atom is -0.467 e. The van der Waals surface area contributed by atoms with Crippen LogP contribution >= 0.6 is 0 Å². The maximum absolute atomic E-state index is 5.60. The quantitative estimate of drug-likeness (QED) is 0.851. The monoisotopic (exact) mass is 269 g/mol. The summed E-state index contributed by atoms with van der Waals surface area (Å²) in [6.45, 7) is 3.45. The van der Waals surface area contributed by atoms with Crippen molar-refractivity contribution >= 4 is 6.08 Å². The molecule has 0 N–H and O–H groups in total. The van der Waals surface area contributed by atoms with Crippen LogP contribution in [-0.2, 0) is 4.74 Å². The standard InChI is InChI=1S/C17H19NO2/c1-2-5-15(6-3-1)8-9-16(17-7-4-12-20-17)18-10-13-19-14-11-18/h1-9,12,16H,10-11,13-14H2/b9-8+. The van der Waals surface area contributed by atoms with E-state index in [0.717, 1.165) is 32.1 Å². The molecule has 1 atom stereocenters. The molecule has 0 amide bonds. The van der Waals surface area contributed by atoms with Gasteiger partial charge in [-0.3, -0.25) is 4.90 Å². The van der Waals surface area contributed by atoms with Crippen LogP contribution < -0.4 is 0 Å². The van der Waals surface area contributed by atoms with Gasteiger partial charge in [-0.05, 0) is 17.7 Å². The van der Waals surface area contributed by atoms with E-state index < -0.39 is 0 Å². The lowest BCUT2D eigenvalue weighted by Gasteiger charge is -2.31. The van der Waals surface area contributed by atoms with Gasteiger partial charge in [0, 0.05) is 13.1 Å². The summed E-state index contributed by atoms with van der Waals surface area (Å²) < 4.78 is 11.0. The molecule has 20 heavy (non-hydrogen) atoms. The van der Waals surface area contributed by atoms with E-state index in [1.165, 1.54) is 5.56 Å². The fourth-order valence-corrected chi connectivity index (χ4v) is 2.48. The summed E-state index contributed by atoms with van der Waals surface area (Å²) in [6, 6.07) is 14.5. The van der Waals surface area contributed by atoms with Crippen molar-refractivity contribution in [1.82, 2.24) is 4.90 Å². The summed E-state index contributed by atoms with van der Waals surface area (Å²) in [7, 11) is 0. The number of furan rings is 1. The van der Waals surface area contributed by atoms with Crippen LogP contribution in [0.4, 0.5) is 0 Å². The third-order valence-corrected chi connectivity index (χ3v) is 3.54. The Hall–Kier alpha value is -1.84. The molecule has 3 rings (SSSR count). The lowest BCUT2D eigenvalue weighted by Crippen LogP contribution is -2.38. The molecule has 2 aromatic rings. The van der Waals surface area contributed by atoms with Gasteiger partial charge in [-0.25, -0.2) is 0 Å². The zero-order valence-electron chi connectivity index (χ0n) is 11.4. The third kappa shape index (κ3) is 3.18. The summed E-state index contributed by atoms with van der Waals surface area (Å²) in [5.74, 6) is 0.985. The van der Waals surface area contributed by atoms with Crippen LogP contribution in [0.2, 0.25) is 0 Å². The second-order valence-electron chi connectivity index (χ2n) is 4.88. The molecule has 1 unspecified atom stereocenters. The predicted molar refractivity (Wildman–Crippen MR) is 79.3 cm³/mol. The first-order valence-electron chi connectivity index (χ1n) is 7.02. The normalized spacial score (nSPS) is 18.4. The van der Waals surface area contributed by atoms with E-state index in [0.29, 0.717) is 0 Å².